The molecule has 1 saturated heterocycles. The third kappa shape index (κ3) is 4.03. The highest BCUT2D eigenvalue weighted by Crippen LogP contribution is 2.23. The SMILES string of the molecule is C[S@@](=O)c1ccc(C(=O)OC[C@H]2CCN(c3ccccc3)C2)cc1. The standard InChI is InChI=1S/C19H21NO3S/c1-24(22)18-9-7-16(8-10-18)19(21)23-14-15-11-12-20(13-15)17-5-3-2-4-6-17/h2-10,15H,11-14H2,1H3/t15-,24+/m0/s1. The van der Waals surface area contributed by atoms with Gasteiger partial charge in [0.1, 0.15) is 0 Å². The minimum atomic E-state index is -1.04. The third-order valence-corrected chi connectivity index (χ3v) is 5.22. The lowest BCUT2D eigenvalue weighted by Gasteiger charge is -2.18. The predicted molar refractivity (Wildman–Crippen MR) is 95.8 cm³/mol. The fourth-order valence-electron chi connectivity index (χ4n) is 2.90. The summed E-state index contributed by atoms with van der Waals surface area (Å²) in [7, 11) is -1.04. The molecule has 2 aromatic rings. The van der Waals surface area contributed by atoms with Gasteiger partial charge in [-0.3, -0.25) is 4.21 Å². The Morgan fingerprint density at radius 2 is 1.88 bits per heavy atom. The fraction of sp³-hybridized carbons (Fsp3) is 0.316. The Kier molecular flexibility index (Phi) is 5.30. The maximum absolute atomic E-state index is 12.1. The van der Waals surface area contributed by atoms with Crippen molar-refractivity contribution < 1.29 is 13.7 Å². The van der Waals surface area contributed by atoms with Crippen molar-refractivity contribution in [2.45, 2.75) is 11.3 Å². The fourth-order valence-corrected chi connectivity index (χ4v) is 3.42. The highest BCUT2D eigenvalue weighted by molar-refractivity contribution is 7.84. The Balaban J connectivity index is 1.51. The van der Waals surface area contributed by atoms with Crippen molar-refractivity contribution in [3.8, 4) is 0 Å². The van der Waals surface area contributed by atoms with Crippen LogP contribution in [0.4, 0.5) is 5.69 Å². The quantitative estimate of drug-likeness (QED) is 0.783. The van der Waals surface area contributed by atoms with E-state index in [2.05, 4.69) is 17.0 Å². The van der Waals surface area contributed by atoms with Gasteiger partial charge in [-0.15, -0.1) is 0 Å². The van der Waals surface area contributed by atoms with Crippen LogP contribution in [-0.4, -0.2) is 36.1 Å². The van der Waals surface area contributed by atoms with Gasteiger partial charge in [0.25, 0.3) is 0 Å². The second-order valence-corrected chi connectivity index (χ2v) is 7.39. The molecule has 1 heterocycles. The van der Waals surface area contributed by atoms with Crippen LogP contribution in [0.1, 0.15) is 16.8 Å². The van der Waals surface area contributed by atoms with E-state index in [0.29, 0.717) is 23.0 Å². The topological polar surface area (TPSA) is 46.6 Å². The van der Waals surface area contributed by atoms with Crippen molar-refractivity contribution in [2.24, 2.45) is 5.92 Å². The molecule has 0 saturated carbocycles. The monoisotopic (exact) mass is 343 g/mol. The zero-order chi connectivity index (χ0) is 16.9. The Bertz CT molecular complexity index is 715. The molecule has 4 nitrogen and oxygen atoms in total. The largest absolute Gasteiger partial charge is 0.462 e. The molecule has 5 heteroatoms. The first-order chi connectivity index (χ1) is 11.6. The van der Waals surface area contributed by atoms with E-state index in [9.17, 15) is 9.00 Å². The summed E-state index contributed by atoms with van der Waals surface area (Å²) in [6.07, 6.45) is 2.64. The average Bonchev–Trinajstić information content (AvgIpc) is 3.09. The molecule has 0 spiro atoms. The lowest BCUT2D eigenvalue weighted by molar-refractivity contribution is 0.0451. The van der Waals surface area contributed by atoms with Crippen molar-refractivity contribution >= 4 is 22.5 Å². The van der Waals surface area contributed by atoms with Crippen LogP contribution in [-0.2, 0) is 15.5 Å². The van der Waals surface area contributed by atoms with Crippen molar-refractivity contribution in [2.75, 3.05) is 30.9 Å². The summed E-state index contributed by atoms with van der Waals surface area (Å²) < 4.78 is 16.8. The number of ether oxygens (including phenoxy) is 1. The summed E-state index contributed by atoms with van der Waals surface area (Å²) in [6, 6.07) is 17.1. The lowest BCUT2D eigenvalue weighted by Crippen LogP contribution is -2.21. The van der Waals surface area contributed by atoms with Gasteiger partial charge in [-0.1, -0.05) is 18.2 Å². The van der Waals surface area contributed by atoms with Gasteiger partial charge in [-0.2, -0.15) is 0 Å². The summed E-state index contributed by atoms with van der Waals surface area (Å²) in [5, 5.41) is 0. The van der Waals surface area contributed by atoms with E-state index in [-0.39, 0.29) is 5.97 Å². The number of nitrogens with zero attached hydrogens (tertiary/aromatic N) is 1. The molecule has 0 aromatic heterocycles. The zero-order valence-electron chi connectivity index (χ0n) is 13.7. The number of hydrogen-bond donors (Lipinski definition) is 0. The van der Waals surface area contributed by atoms with Gasteiger partial charge in [-0.05, 0) is 42.8 Å². The molecule has 24 heavy (non-hydrogen) atoms. The van der Waals surface area contributed by atoms with Gasteiger partial charge < -0.3 is 9.64 Å². The first-order valence-corrected chi connectivity index (χ1v) is 9.60. The van der Waals surface area contributed by atoms with Crippen LogP contribution in [0, 0.1) is 5.92 Å². The molecule has 2 atom stereocenters. The van der Waals surface area contributed by atoms with Gasteiger partial charge in [0, 0.05) is 46.6 Å². The van der Waals surface area contributed by atoms with E-state index in [1.165, 1.54) is 5.69 Å². The number of carbonyl (C=O) groups is 1. The Morgan fingerprint density at radius 3 is 2.54 bits per heavy atom. The van der Waals surface area contributed by atoms with Gasteiger partial charge in [0.05, 0.1) is 12.2 Å². The second kappa shape index (κ2) is 7.62. The van der Waals surface area contributed by atoms with Crippen LogP contribution in [0.25, 0.3) is 0 Å². The summed E-state index contributed by atoms with van der Waals surface area (Å²) in [5.41, 5.74) is 1.72. The summed E-state index contributed by atoms with van der Waals surface area (Å²) in [4.78, 5) is 15.2. The highest BCUT2D eigenvalue weighted by atomic mass is 32.2. The van der Waals surface area contributed by atoms with E-state index in [0.717, 1.165) is 19.5 Å². The maximum atomic E-state index is 12.1. The van der Waals surface area contributed by atoms with Crippen LogP contribution in [0.2, 0.25) is 0 Å². The Hall–Kier alpha value is -2.14. The van der Waals surface area contributed by atoms with E-state index in [1.54, 1.807) is 30.5 Å². The molecule has 2 aromatic carbocycles. The molecule has 0 unspecified atom stereocenters. The molecular formula is C19H21NO3S. The molecule has 1 fully saturated rings. The van der Waals surface area contributed by atoms with Crippen LogP contribution in [0.15, 0.2) is 59.5 Å². The van der Waals surface area contributed by atoms with Crippen LogP contribution >= 0.6 is 0 Å². The molecule has 1 aliphatic heterocycles. The van der Waals surface area contributed by atoms with Crippen molar-refractivity contribution in [1.29, 1.82) is 0 Å². The van der Waals surface area contributed by atoms with Gasteiger partial charge >= 0.3 is 5.97 Å². The van der Waals surface area contributed by atoms with Crippen molar-refractivity contribution in [1.82, 2.24) is 0 Å². The first kappa shape index (κ1) is 16.7. The van der Waals surface area contributed by atoms with Gasteiger partial charge in [0.2, 0.25) is 0 Å². The molecular weight excluding hydrogens is 322 g/mol. The molecule has 0 amide bonds. The van der Waals surface area contributed by atoms with Crippen molar-refractivity contribution in [3.05, 3.63) is 60.2 Å². The zero-order valence-corrected chi connectivity index (χ0v) is 14.5. The van der Waals surface area contributed by atoms with Crippen LogP contribution < -0.4 is 4.90 Å². The predicted octanol–water partition coefficient (Wildman–Crippen LogP) is 3.11. The molecule has 3 rings (SSSR count). The summed E-state index contributed by atoms with van der Waals surface area (Å²) in [5.74, 6) is 0.0400. The highest BCUT2D eigenvalue weighted by Gasteiger charge is 2.24. The van der Waals surface area contributed by atoms with Crippen molar-refractivity contribution in [3.63, 3.8) is 0 Å². The summed E-state index contributed by atoms with van der Waals surface area (Å²) in [6.45, 7) is 2.33. The number of rotatable bonds is 5. The van der Waals surface area contributed by atoms with Gasteiger partial charge in [0.15, 0.2) is 0 Å². The van der Waals surface area contributed by atoms with E-state index in [1.807, 2.05) is 18.2 Å². The maximum Gasteiger partial charge on any atom is 0.338 e. The van der Waals surface area contributed by atoms with E-state index >= 15 is 0 Å². The molecule has 0 N–H and O–H groups in total. The molecule has 0 aliphatic carbocycles. The first-order valence-electron chi connectivity index (χ1n) is 8.04. The van der Waals surface area contributed by atoms with Crippen LogP contribution in [0.5, 0.6) is 0 Å². The number of benzene rings is 2. The second-order valence-electron chi connectivity index (χ2n) is 6.01. The van der Waals surface area contributed by atoms with Crippen LogP contribution in [0.3, 0.4) is 0 Å². The number of para-hydroxylation sites is 1. The number of hydrogen-bond acceptors (Lipinski definition) is 4. The minimum Gasteiger partial charge on any atom is -0.462 e. The molecule has 126 valence electrons. The summed E-state index contributed by atoms with van der Waals surface area (Å²) >= 11 is 0. The number of esters is 1. The lowest BCUT2D eigenvalue weighted by atomic mass is 10.1. The average molecular weight is 343 g/mol. The Morgan fingerprint density at radius 1 is 1.17 bits per heavy atom. The Labute approximate surface area is 144 Å². The van der Waals surface area contributed by atoms with Gasteiger partial charge in [-0.25, -0.2) is 4.79 Å². The number of carbonyl (C=O) groups excluding carboxylic acids is 1. The van der Waals surface area contributed by atoms with E-state index < -0.39 is 10.8 Å². The number of anilines is 1. The minimum absolute atomic E-state index is 0.318. The smallest absolute Gasteiger partial charge is 0.338 e. The van der Waals surface area contributed by atoms with E-state index in [4.69, 9.17) is 4.74 Å². The molecule has 0 bridgehead atoms. The molecule has 0 radical (unpaired) electrons. The third-order valence-electron chi connectivity index (χ3n) is 4.28. The molecule has 1 aliphatic rings. The normalized spacial score (nSPS) is 18.4.